The fourth-order valence-corrected chi connectivity index (χ4v) is 1.34. The first-order valence-electron chi connectivity index (χ1n) is 5.14. The van der Waals surface area contributed by atoms with Crippen molar-refractivity contribution in [2.24, 2.45) is 0 Å². The third kappa shape index (κ3) is 3.52. The summed E-state index contributed by atoms with van der Waals surface area (Å²) in [6, 6.07) is 3.66. The number of aliphatic hydroxyl groups is 1. The molecule has 0 heterocycles. The first-order valence-corrected chi connectivity index (χ1v) is 5.14. The van der Waals surface area contributed by atoms with E-state index in [0.717, 1.165) is 25.0 Å². The summed E-state index contributed by atoms with van der Waals surface area (Å²) in [5, 5.41) is 9.03. The van der Waals surface area contributed by atoms with Crippen molar-refractivity contribution in [1.29, 1.82) is 0 Å². The van der Waals surface area contributed by atoms with Gasteiger partial charge >= 0.3 is 6.36 Å². The van der Waals surface area contributed by atoms with E-state index in [-0.39, 0.29) is 24.2 Å². The van der Waals surface area contributed by atoms with E-state index >= 15 is 0 Å². The van der Waals surface area contributed by atoms with Crippen LogP contribution in [0.25, 0.3) is 0 Å². The highest BCUT2D eigenvalue weighted by Crippen LogP contribution is 2.33. The van der Waals surface area contributed by atoms with Gasteiger partial charge in [-0.1, -0.05) is 0 Å². The van der Waals surface area contributed by atoms with E-state index in [9.17, 15) is 13.2 Å². The lowest BCUT2D eigenvalue weighted by atomic mass is 10.2. The number of hydrogen-bond donors (Lipinski definition) is 1. The number of benzene rings is 1. The lowest BCUT2D eigenvalue weighted by molar-refractivity contribution is -0.274. The minimum Gasteiger partial charge on any atom is -0.490 e. The molecule has 0 unspecified atom stereocenters. The molecule has 1 saturated carbocycles. The van der Waals surface area contributed by atoms with Gasteiger partial charge in [0.2, 0.25) is 0 Å². The van der Waals surface area contributed by atoms with Gasteiger partial charge < -0.3 is 14.6 Å². The quantitative estimate of drug-likeness (QED) is 0.890. The molecule has 0 bridgehead atoms. The maximum Gasteiger partial charge on any atom is 0.573 e. The van der Waals surface area contributed by atoms with Gasteiger partial charge in [0.15, 0.2) is 0 Å². The van der Waals surface area contributed by atoms with Crippen molar-refractivity contribution < 1.29 is 27.8 Å². The van der Waals surface area contributed by atoms with Gasteiger partial charge in [0.05, 0.1) is 12.7 Å². The lowest BCUT2D eigenvalue weighted by Gasteiger charge is -2.13. The number of alkyl halides is 3. The van der Waals surface area contributed by atoms with Crippen molar-refractivity contribution in [3.05, 3.63) is 23.8 Å². The molecule has 0 aromatic heterocycles. The molecule has 0 atom stereocenters. The van der Waals surface area contributed by atoms with Crippen LogP contribution in [-0.2, 0) is 6.61 Å². The normalized spacial score (nSPS) is 15.8. The Morgan fingerprint density at radius 2 is 2.00 bits per heavy atom. The Morgan fingerprint density at radius 1 is 1.29 bits per heavy atom. The molecule has 0 spiro atoms. The molecule has 2 rings (SSSR count). The number of rotatable bonds is 4. The van der Waals surface area contributed by atoms with E-state index in [1.54, 1.807) is 0 Å². The molecule has 1 fully saturated rings. The van der Waals surface area contributed by atoms with Crippen LogP contribution in [0.3, 0.4) is 0 Å². The van der Waals surface area contributed by atoms with E-state index in [0.29, 0.717) is 5.56 Å². The van der Waals surface area contributed by atoms with Gasteiger partial charge in [0.1, 0.15) is 11.5 Å². The third-order valence-electron chi connectivity index (χ3n) is 2.26. The van der Waals surface area contributed by atoms with E-state index in [4.69, 9.17) is 9.84 Å². The van der Waals surface area contributed by atoms with Crippen LogP contribution in [0.5, 0.6) is 11.5 Å². The van der Waals surface area contributed by atoms with Crippen LogP contribution in [0.4, 0.5) is 13.2 Å². The van der Waals surface area contributed by atoms with Crippen molar-refractivity contribution >= 4 is 0 Å². The number of hydrogen-bond acceptors (Lipinski definition) is 3. The third-order valence-corrected chi connectivity index (χ3v) is 2.26. The molecule has 1 aromatic carbocycles. The van der Waals surface area contributed by atoms with Crippen LogP contribution in [0, 0.1) is 0 Å². The highest BCUT2D eigenvalue weighted by molar-refractivity contribution is 5.40. The fraction of sp³-hybridized carbons (Fsp3) is 0.455. The van der Waals surface area contributed by atoms with Crippen LogP contribution < -0.4 is 9.47 Å². The Bertz CT molecular complexity index is 399. The molecule has 1 aromatic rings. The first kappa shape index (κ1) is 12.0. The molecule has 0 amide bonds. The number of aliphatic hydroxyl groups excluding tert-OH is 1. The molecule has 0 radical (unpaired) electrons. The molecule has 0 aliphatic heterocycles. The molecule has 0 saturated heterocycles. The molecule has 6 heteroatoms. The van der Waals surface area contributed by atoms with Crippen LogP contribution in [-0.4, -0.2) is 17.6 Å². The fourth-order valence-electron chi connectivity index (χ4n) is 1.34. The van der Waals surface area contributed by atoms with Crippen molar-refractivity contribution in [2.75, 3.05) is 0 Å². The Balaban J connectivity index is 2.17. The second-order valence-corrected chi connectivity index (χ2v) is 3.79. The molecule has 17 heavy (non-hydrogen) atoms. The summed E-state index contributed by atoms with van der Waals surface area (Å²) in [6.45, 7) is -0.283. The van der Waals surface area contributed by atoms with E-state index < -0.39 is 6.36 Å². The maximum atomic E-state index is 12.0. The van der Waals surface area contributed by atoms with Crippen molar-refractivity contribution in [1.82, 2.24) is 0 Å². The van der Waals surface area contributed by atoms with Crippen LogP contribution in [0.2, 0.25) is 0 Å². The molecule has 1 aliphatic carbocycles. The zero-order valence-corrected chi connectivity index (χ0v) is 8.83. The van der Waals surface area contributed by atoms with Gasteiger partial charge in [0, 0.05) is 11.6 Å². The SMILES string of the molecule is OCc1ccc(OC(F)(F)F)cc1OC1CC1. The molecule has 94 valence electrons. The summed E-state index contributed by atoms with van der Waals surface area (Å²) < 4.78 is 45.2. The van der Waals surface area contributed by atoms with Gasteiger partial charge in [-0.3, -0.25) is 0 Å². The van der Waals surface area contributed by atoms with Gasteiger partial charge in [0.25, 0.3) is 0 Å². The van der Waals surface area contributed by atoms with Crippen LogP contribution in [0.15, 0.2) is 18.2 Å². The standard InChI is InChI=1S/C11H11F3O3/c12-11(13,14)17-9-2-1-7(6-15)10(5-9)16-8-3-4-8/h1-2,5,8,15H,3-4,6H2. The Kier molecular flexibility index (Phi) is 3.15. The monoisotopic (exact) mass is 248 g/mol. The highest BCUT2D eigenvalue weighted by atomic mass is 19.4. The number of halogens is 3. The van der Waals surface area contributed by atoms with E-state index in [1.807, 2.05) is 0 Å². The minimum absolute atomic E-state index is 0.0430. The summed E-state index contributed by atoms with van der Waals surface area (Å²) >= 11 is 0. The average molecular weight is 248 g/mol. The Hall–Kier alpha value is -1.43. The van der Waals surface area contributed by atoms with Gasteiger partial charge in [-0.25, -0.2) is 0 Å². The predicted molar refractivity (Wildman–Crippen MR) is 52.7 cm³/mol. The summed E-state index contributed by atoms with van der Waals surface area (Å²) in [4.78, 5) is 0. The summed E-state index contributed by atoms with van der Waals surface area (Å²) in [5.41, 5.74) is 0.450. The average Bonchev–Trinajstić information content (AvgIpc) is 3.00. The van der Waals surface area contributed by atoms with Crippen molar-refractivity contribution in [3.63, 3.8) is 0 Å². The van der Waals surface area contributed by atoms with E-state index in [2.05, 4.69) is 4.74 Å². The van der Waals surface area contributed by atoms with E-state index in [1.165, 1.54) is 6.07 Å². The van der Waals surface area contributed by atoms with Crippen molar-refractivity contribution in [2.45, 2.75) is 31.9 Å². The van der Waals surface area contributed by atoms with Crippen molar-refractivity contribution in [3.8, 4) is 11.5 Å². The molecule has 1 aliphatic rings. The lowest BCUT2D eigenvalue weighted by Crippen LogP contribution is -2.17. The highest BCUT2D eigenvalue weighted by Gasteiger charge is 2.31. The molecule has 3 nitrogen and oxygen atoms in total. The summed E-state index contributed by atoms with van der Waals surface area (Å²) in [7, 11) is 0. The second-order valence-electron chi connectivity index (χ2n) is 3.79. The predicted octanol–water partition coefficient (Wildman–Crippen LogP) is 2.62. The summed E-state index contributed by atoms with van der Waals surface area (Å²) in [5.74, 6) is -0.0953. The summed E-state index contributed by atoms with van der Waals surface area (Å²) in [6.07, 6.45) is -2.91. The van der Waals surface area contributed by atoms with Crippen LogP contribution in [0.1, 0.15) is 18.4 Å². The maximum absolute atomic E-state index is 12.0. The second kappa shape index (κ2) is 4.44. The van der Waals surface area contributed by atoms with Gasteiger partial charge in [-0.05, 0) is 25.0 Å². The topological polar surface area (TPSA) is 38.7 Å². The Labute approximate surface area is 95.8 Å². The van der Waals surface area contributed by atoms with Crippen LogP contribution >= 0.6 is 0 Å². The largest absolute Gasteiger partial charge is 0.573 e. The zero-order chi connectivity index (χ0) is 12.5. The number of ether oxygens (including phenoxy) is 2. The smallest absolute Gasteiger partial charge is 0.490 e. The molecular weight excluding hydrogens is 237 g/mol. The molecule has 1 N–H and O–H groups in total. The molecular formula is C11H11F3O3. The minimum atomic E-state index is -4.72. The zero-order valence-electron chi connectivity index (χ0n) is 8.83. The Morgan fingerprint density at radius 3 is 2.53 bits per heavy atom. The van der Waals surface area contributed by atoms with Gasteiger partial charge in [-0.2, -0.15) is 0 Å². The first-order chi connectivity index (χ1) is 7.98. The van der Waals surface area contributed by atoms with Gasteiger partial charge in [-0.15, -0.1) is 13.2 Å².